The number of rotatable bonds is 5. The van der Waals surface area contributed by atoms with Crippen LogP contribution >= 0.6 is 0 Å². The van der Waals surface area contributed by atoms with Gasteiger partial charge in [-0.3, -0.25) is 4.90 Å². The Balaban J connectivity index is 1.26. The van der Waals surface area contributed by atoms with Gasteiger partial charge in [0.15, 0.2) is 0 Å². The van der Waals surface area contributed by atoms with Crippen molar-refractivity contribution >= 4 is 17.3 Å². The minimum Gasteiger partial charge on any atom is -0.378 e. The second-order valence-corrected chi connectivity index (χ2v) is 7.53. The van der Waals surface area contributed by atoms with Crippen molar-refractivity contribution in [2.45, 2.75) is 6.04 Å². The number of piperazine rings is 1. The first-order chi connectivity index (χ1) is 14.6. The lowest BCUT2D eigenvalue weighted by atomic mass is 10.1. The van der Waals surface area contributed by atoms with Crippen molar-refractivity contribution in [2.24, 2.45) is 0 Å². The number of aromatic nitrogens is 3. The molecule has 3 aromatic rings. The van der Waals surface area contributed by atoms with E-state index < -0.39 is 11.6 Å². The van der Waals surface area contributed by atoms with Crippen LogP contribution in [0.4, 0.5) is 26.1 Å². The summed E-state index contributed by atoms with van der Waals surface area (Å²) in [5, 5.41) is 7.44. The van der Waals surface area contributed by atoms with Crippen molar-refractivity contribution in [1.29, 1.82) is 0 Å². The van der Waals surface area contributed by atoms with Crippen LogP contribution in [-0.2, 0) is 4.74 Å². The number of hydrogen-bond acceptors (Lipinski definition) is 6. The van der Waals surface area contributed by atoms with E-state index in [0.29, 0.717) is 12.0 Å². The van der Waals surface area contributed by atoms with E-state index in [1.165, 1.54) is 23.1 Å². The van der Waals surface area contributed by atoms with E-state index in [-0.39, 0.29) is 5.69 Å². The van der Waals surface area contributed by atoms with Crippen LogP contribution in [0.2, 0.25) is 0 Å². The van der Waals surface area contributed by atoms with Gasteiger partial charge in [-0.15, -0.1) is 5.10 Å². The molecule has 0 aliphatic carbocycles. The largest absolute Gasteiger partial charge is 0.378 e. The predicted octanol–water partition coefficient (Wildman–Crippen LogP) is 2.81. The number of benzene rings is 2. The monoisotopic (exact) mass is 412 g/mol. The van der Waals surface area contributed by atoms with Gasteiger partial charge in [0.2, 0.25) is 5.95 Å². The lowest BCUT2D eigenvalue weighted by molar-refractivity contribution is -0.0660. The van der Waals surface area contributed by atoms with Crippen LogP contribution in [0.1, 0.15) is 0 Å². The summed E-state index contributed by atoms with van der Waals surface area (Å²) >= 11 is 0. The molecule has 0 bridgehead atoms. The number of anilines is 3. The van der Waals surface area contributed by atoms with Gasteiger partial charge in [0.25, 0.3) is 0 Å². The molecule has 2 fully saturated rings. The second kappa shape index (κ2) is 8.00. The zero-order chi connectivity index (χ0) is 20.5. The summed E-state index contributed by atoms with van der Waals surface area (Å²) in [6.07, 6.45) is 1.42. The van der Waals surface area contributed by atoms with Gasteiger partial charge in [-0.1, -0.05) is 6.07 Å². The fraction of sp³-hybridized carbons (Fsp3) is 0.333. The minimum absolute atomic E-state index is 0.275. The van der Waals surface area contributed by atoms with Crippen LogP contribution in [0.5, 0.6) is 0 Å². The summed E-state index contributed by atoms with van der Waals surface area (Å²) in [4.78, 5) is 9.06. The maximum absolute atomic E-state index is 13.4. The lowest BCUT2D eigenvalue weighted by Crippen LogP contribution is -2.56. The van der Waals surface area contributed by atoms with Gasteiger partial charge in [-0.2, -0.15) is 4.98 Å². The molecular formula is C21H22F2N6O. The number of nitrogens with zero attached hydrogens (tertiary/aromatic N) is 5. The first-order valence-electron chi connectivity index (χ1n) is 9.96. The molecule has 156 valence electrons. The van der Waals surface area contributed by atoms with E-state index in [4.69, 9.17) is 4.74 Å². The van der Waals surface area contributed by atoms with Gasteiger partial charge in [0, 0.05) is 43.6 Å². The molecule has 0 unspecified atom stereocenters. The number of halogens is 2. The summed E-state index contributed by atoms with van der Waals surface area (Å²) in [6, 6.07) is 11.9. The zero-order valence-corrected chi connectivity index (χ0v) is 16.3. The smallest absolute Gasteiger partial charge is 0.246 e. The molecule has 0 amide bonds. The first kappa shape index (κ1) is 19.0. The fourth-order valence-corrected chi connectivity index (χ4v) is 3.81. The van der Waals surface area contributed by atoms with E-state index >= 15 is 0 Å². The zero-order valence-electron chi connectivity index (χ0n) is 16.3. The molecule has 0 atom stereocenters. The minimum atomic E-state index is -0.660. The van der Waals surface area contributed by atoms with Gasteiger partial charge < -0.3 is 15.0 Å². The lowest BCUT2D eigenvalue weighted by Gasteiger charge is -2.43. The van der Waals surface area contributed by atoms with Crippen molar-refractivity contribution in [3.8, 4) is 5.69 Å². The molecule has 1 aromatic heterocycles. The first-order valence-corrected chi connectivity index (χ1v) is 9.96. The third kappa shape index (κ3) is 3.99. The Morgan fingerprint density at radius 2 is 1.70 bits per heavy atom. The molecule has 2 aromatic carbocycles. The van der Waals surface area contributed by atoms with Gasteiger partial charge in [0.05, 0.1) is 24.9 Å². The number of hydrogen-bond donors (Lipinski definition) is 1. The van der Waals surface area contributed by atoms with E-state index in [9.17, 15) is 8.78 Å². The molecule has 2 aliphatic heterocycles. The Morgan fingerprint density at radius 1 is 0.933 bits per heavy atom. The fourth-order valence-electron chi connectivity index (χ4n) is 3.81. The molecule has 0 saturated carbocycles. The highest BCUT2D eigenvalue weighted by molar-refractivity contribution is 5.62. The average Bonchev–Trinajstić information content (AvgIpc) is 3.15. The Labute approximate surface area is 172 Å². The van der Waals surface area contributed by atoms with Crippen molar-refractivity contribution in [3.05, 3.63) is 60.4 Å². The SMILES string of the molecule is Fc1cc(F)cc(-n2cnc(Nc3cccc(N4CCN(C5COC5)CC4)c3)n2)c1. The topological polar surface area (TPSA) is 58.5 Å². The van der Waals surface area contributed by atoms with Crippen molar-refractivity contribution in [1.82, 2.24) is 19.7 Å². The standard InChI is InChI=1S/C21H22F2N6O/c22-15-8-16(23)10-19(9-15)29-14-24-21(26-29)25-17-2-1-3-18(11-17)27-4-6-28(7-5-27)20-12-30-13-20/h1-3,8-11,14,20H,4-7,12-13H2,(H,25,26). The Kier molecular flexibility index (Phi) is 5.06. The molecule has 7 nitrogen and oxygen atoms in total. The van der Waals surface area contributed by atoms with Crippen molar-refractivity contribution in [2.75, 3.05) is 49.6 Å². The molecule has 5 rings (SSSR count). The van der Waals surface area contributed by atoms with Crippen molar-refractivity contribution < 1.29 is 13.5 Å². The van der Waals surface area contributed by atoms with Gasteiger partial charge in [-0.05, 0) is 30.3 Å². The van der Waals surface area contributed by atoms with Crippen LogP contribution in [0, 0.1) is 11.6 Å². The summed E-state index contributed by atoms with van der Waals surface area (Å²) < 4.78 is 33.5. The maximum Gasteiger partial charge on any atom is 0.246 e. The van der Waals surface area contributed by atoms with Crippen LogP contribution in [-0.4, -0.2) is 65.1 Å². The molecular weight excluding hydrogens is 390 g/mol. The quantitative estimate of drug-likeness (QED) is 0.696. The highest BCUT2D eigenvalue weighted by Crippen LogP contribution is 2.24. The normalized spacial score (nSPS) is 17.7. The van der Waals surface area contributed by atoms with Gasteiger partial charge in [0.1, 0.15) is 18.0 Å². The summed E-state index contributed by atoms with van der Waals surface area (Å²) in [7, 11) is 0. The predicted molar refractivity (Wildman–Crippen MR) is 109 cm³/mol. The Bertz CT molecular complexity index is 1010. The molecule has 9 heteroatoms. The molecule has 3 heterocycles. The molecule has 30 heavy (non-hydrogen) atoms. The molecule has 1 N–H and O–H groups in total. The summed E-state index contributed by atoms with van der Waals surface area (Å²) in [6.45, 7) is 5.70. The number of nitrogens with one attached hydrogen (secondary N) is 1. The third-order valence-electron chi connectivity index (χ3n) is 5.52. The highest BCUT2D eigenvalue weighted by Gasteiger charge is 2.28. The molecule has 2 saturated heterocycles. The third-order valence-corrected chi connectivity index (χ3v) is 5.52. The highest BCUT2D eigenvalue weighted by atomic mass is 19.1. The Morgan fingerprint density at radius 3 is 2.40 bits per heavy atom. The van der Waals surface area contributed by atoms with Crippen LogP contribution in [0.3, 0.4) is 0 Å². The maximum atomic E-state index is 13.4. The van der Waals surface area contributed by atoms with Gasteiger partial charge >= 0.3 is 0 Å². The Hall–Kier alpha value is -3.04. The van der Waals surface area contributed by atoms with E-state index in [0.717, 1.165) is 56.8 Å². The summed E-state index contributed by atoms with van der Waals surface area (Å²) in [5.41, 5.74) is 2.26. The number of ether oxygens (including phenoxy) is 1. The average molecular weight is 412 g/mol. The van der Waals surface area contributed by atoms with Crippen molar-refractivity contribution in [3.63, 3.8) is 0 Å². The molecule has 2 aliphatic rings. The summed E-state index contributed by atoms with van der Waals surface area (Å²) in [5.74, 6) is -0.966. The van der Waals surface area contributed by atoms with E-state index in [2.05, 4.69) is 37.3 Å². The molecule has 0 radical (unpaired) electrons. The molecule has 0 spiro atoms. The van der Waals surface area contributed by atoms with Crippen LogP contribution in [0.15, 0.2) is 48.8 Å². The van der Waals surface area contributed by atoms with E-state index in [1.807, 2.05) is 12.1 Å². The van der Waals surface area contributed by atoms with E-state index in [1.54, 1.807) is 0 Å². The van der Waals surface area contributed by atoms with Crippen LogP contribution < -0.4 is 10.2 Å². The second-order valence-electron chi connectivity index (χ2n) is 7.53. The van der Waals surface area contributed by atoms with Gasteiger partial charge in [-0.25, -0.2) is 13.5 Å². The van der Waals surface area contributed by atoms with Crippen LogP contribution in [0.25, 0.3) is 5.69 Å².